The summed E-state index contributed by atoms with van der Waals surface area (Å²) < 4.78 is 53.8. The normalized spacial score (nSPS) is 11.3. The van der Waals surface area contributed by atoms with Gasteiger partial charge >= 0.3 is 25.7 Å². The van der Waals surface area contributed by atoms with Crippen LogP contribution >= 0.6 is 12.2 Å². The van der Waals surface area contributed by atoms with Crippen molar-refractivity contribution in [1.29, 1.82) is 0 Å². The molecule has 3 aromatic carbocycles. The topological polar surface area (TPSA) is 180 Å². The number of hydrogen-bond acceptors (Lipinski definition) is 12. The van der Waals surface area contributed by atoms with Crippen molar-refractivity contribution in [3.8, 4) is 34.2 Å². The van der Waals surface area contributed by atoms with Crippen LogP contribution in [0.25, 0.3) is 75.1 Å². The fourth-order valence-electron chi connectivity index (χ4n) is 7.84. The van der Waals surface area contributed by atoms with Crippen LogP contribution in [0, 0.1) is 0 Å². The van der Waals surface area contributed by atoms with Crippen LogP contribution in [-0.2, 0) is 60.7 Å². The minimum atomic E-state index is -4.47. The van der Waals surface area contributed by atoms with Crippen LogP contribution in [0.3, 0.4) is 0 Å². The third-order valence-corrected chi connectivity index (χ3v) is 11.5. The Morgan fingerprint density at radius 3 is 1.39 bits per heavy atom. The molecule has 0 bridgehead atoms. The maximum Gasteiger partial charge on any atom is 2.00 e. The van der Waals surface area contributed by atoms with E-state index >= 15 is 0 Å². The van der Waals surface area contributed by atoms with Crippen LogP contribution in [-0.4, -0.2) is 49.6 Å². The average Bonchev–Trinajstić information content (AvgIpc) is 4.00. The van der Waals surface area contributed by atoms with E-state index in [1.54, 1.807) is 55.0 Å². The van der Waals surface area contributed by atoms with Crippen molar-refractivity contribution in [2.45, 2.75) is 64.5 Å². The van der Waals surface area contributed by atoms with Gasteiger partial charge in [-0.1, -0.05) is 154 Å². The number of pyridine rings is 4. The molecule has 0 atom stereocenters. The van der Waals surface area contributed by atoms with Gasteiger partial charge in [-0.3, -0.25) is 29.3 Å². The van der Waals surface area contributed by atoms with E-state index in [2.05, 4.69) is 44.3 Å². The number of unbranched alkanes of at least 4 members (excludes halogenated alkanes) is 6. The van der Waals surface area contributed by atoms with E-state index in [9.17, 15) is 27.6 Å². The molecule has 5 heterocycles. The zero-order valence-electron chi connectivity index (χ0n) is 42.7. The first kappa shape index (κ1) is 61.2. The Kier molecular flexibility index (Phi) is 25.4. The number of aryl methyl sites for hydroxylation is 1. The van der Waals surface area contributed by atoms with Crippen LogP contribution in [0.1, 0.15) is 96.5 Å². The number of carbonyl (C=O) groups excluding carboxylic acids is 3. The number of ether oxygens (including phenoxy) is 3. The van der Waals surface area contributed by atoms with Crippen molar-refractivity contribution in [1.82, 2.24) is 30.1 Å². The number of nitrogens with zero attached hydrogens (tertiary/aromatic N) is 7. The molecule has 0 amide bonds. The van der Waals surface area contributed by atoms with Crippen LogP contribution in [0.4, 0.5) is 13.2 Å². The summed E-state index contributed by atoms with van der Waals surface area (Å²) in [4.78, 5) is 52.5. The Morgan fingerprint density at radius 2 is 0.962 bits per heavy atom. The molecule has 0 saturated heterocycles. The summed E-state index contributed by atoms with van der Waals surface area (Å²) in [5, 5.41) is 15.3. The minimum Gasteiger partial charge on any atom is -0.753 e. The molecule has 0 aliphatic heterocycles. The minimum absolute atomic E-state index is 0. The molecule has 8 rings (SSSR count). The quantitative estimate of drug-likeness (QED) is 0.0112. The van der Waals surface area contributed by atoms with Gasteiger partial charge in [0.1, 0.15) is 23.0 Å². The molecular weight excluding hydrogens is 1120 g/mol. The Morgan fingerprint density at radius 1 is 0.557 bits per heavy atom. The molecule has 0 spiro atoms. The number of thiocarbonyl (C=S) groups is 1. The first-order valence-corrected chi connectivity index (χ1v) is 25.1. The van der Waals surface area contributed by atoms with Crippen molar-refractivity contribution in [3.05, 3.63) is 214 Å². The standard InChI is InChI=1S/C42H29N3O6.C18H23F3N3.CNS.Ru/c46-27-49-40(33-10-4-1-5-11-33)24-30-16-18-43-36(20-30)38-22-32(26-42(51-29-48)35-14-8-3-9-15-35)23-39(45-38)37-21-31(17-19-44-37)25-41(50-28-47)34-12-6-2-7-13-34;1-2-3-4-5-6-7-8-9-14-10-11-22-15(12-14)16-13-17(24-23-16)18(19,20)21;2-1-3;/h1-29H;10-13H,2-9H2,1H3;;/q;2*-1;+2/b40-24+,41-25+,42-26+;;;. The third kappa shape index (κ3) is 19.7. The molecule has 5 aromatic heterocycles. The van der Waals surface area contributed by atoms with Crippen molar-refractivity contribution in [2.24, 2.45) is 0 Å². The molecule has 8 aromatic rings. The number of hydrogen-bond donors (Lipinski definition) is 0. The second-order valence-electron chi connectivity index (χ2n) is 17.0. The van der Waals surface area contributed by atoms with Gasteiger partial charge in [-0.15, -0.1) is 0 Å². The first-order chi connectivity index (χ1) is 38.0. The van der Waals surface area contributed by atoms with Crippen molar-refractivity contribution in [3.63, 3.8) is 0 Å². The van der Waals surface area contributed by atoms with Gasteiger partial charge in [0.15, 0.2) is 0 Å². The van der Waals surface area contributed by atoms with Gasteiger partial charge in [0.05, 0.1) is 22.8 Å². The molecule has 0 unspecified atom stereocenters. The fraction of sp³-hybridized carbons (Fsp3) is 0.164. The summed E-state index contributed by atoms with van der Waals surface area (Å²) in [6.07, 6.45) is 15.2. The van der Waals surface area contributed by atoms with Gasteiger partial charge in [0.25, 0.3) is 19.4 Å². The third-order valence-electron chi connectivity index (χ3n) is 11.5. The van der Waals surface area contributed by atoms with Crippen LogP contribution in [0.2, 0.25) is 0 Å². The number of benzene rings is 3. The predicted molar refractivity (Wildman–Crippen MR) is 299 cm³/mol. The van der Waals surface area contributed by atoms with Gasteiger partial charge in [-0.05, 0) is 108 Å². The van der Waals surface area contributed by atoms with E-state index < -0.39 is 11.9 Å². The molecule has 0 aliphatic rings. The Labute approximate surface area is 474 Å². The van der Waals surface area contributed by atoms with E-state index in [-0.39, 0.29) is 25.2 Å². The number of alkyl halides is 3. The Bertz CT molecular complexity index is 3210. The second kappa shape index (κ2) is 32.8. The molecule has 0 radical (unpaired) electrons. The zero-order valence-corrected chi connectivity index (χ0v) is 45.2. The summed E-state index contributed by atoms with van der Waals surface area (Å²) in [5.41, 5.74) is 7.02. The van der Waals surface area contributed by atoms with Crippen LogP contribution < -0.4 is 5.10 Å². The Balaban J connectivity index is 0.000000343. The summed E-state index contributed by atoms with van der Waals surface area (Å²) in [6, 6.07) is 43.3. The van der Waals surface area contributed by atoms with Gasteiger partial charge in [-0.25, -0.2) is 4.98 Å². The maximum atomic E-state index is 12.6. The van der Waals surface area contributed by atoms with E-state index in [0.29, 0.717) is 87.4 Å². The monoisotopic (exact) mass is 1170 g/mol. The maximum absolute atomic E-state index is 12.6. The zero-order chi connectivity index (χ0) is 55.4. The predicted octanol–water partition coefficient (Wildman–Crippen LogP) is 14.3. The van der Waals surface area contributed by atoms with Crippen LogP contribution in [0.5, 0.6) is 0 Å². The largest absolute Gasteiger partial charge is 2.00 e. The molecule has 13 nitrogen and oxygen atoms in total. The number of carbonyl (C=O) groups is 3. The molecule has 18 heteroatoms. The second-order valence-corrected chi connectivity index (χ2v) is 17.2. The van der Waals surface area contributed by atoms with E-state index in [1.165, 1.54) is 43.7 Å². The van der Waals surface area contributed by atoms with Crippen molar-refractivity contribution >= 4 is 72.3 Å². The van der Waals surface area contributed by atoms with Crippen molar-refractivity contribution in [2.75, 3.05) is 0 Å². The first-order valence-electron chi connectivity index (χ1n) is 24.7. The molecule has 0 aliphatic carbocycles. The number of aromatic nitrogens is 6. The number of halogens is 3. The molecule has 0 saturated carbocycles. The van der Waals surface area contributed by atoms with Gasteiger partial charge in [0, 0.05) is 41.0 Å². The summed E-state index contributed by atoms with van der Waals surface area (Å²) in [5.74, 6) is 1.07. The average molecular weight is 1170 g/mol. The van der Waals surface area contributed by atoms with E-state index in [1.807, 2.05) is 121 Å². The molecule has 0 fully saturated rings. The van der Waals surface area contributed by atoms with Crippen LogP contribution in [0.15, 0.2) is 164 Å². The number of rotatable bonds is 23. The smallest absolute Gasteiger partial charge is 0.753 e. The van der Waals surface area contributed by atoms with E-state index in [4.69, 9.17) is 24.6 Å². The summed E-state index contributed by atoms with van der Waals surface area (Å²) in [7, 11) is 0. The summed E-state index contributed by atoms with van der Waals surface area (Å²) >= 11 is 3.70. The molecule has 79 heavy (non-hydrogen) atoms. The van der Waals surface area contributed by atoms with E-state index in [0.717, 1.165) is 35.6 Å². The molecule has 402 valence electrons. The SMILES string of the molecule is CCCCCCCCCc1ccnc(-c2cc(C(F)(F)F)n[n-]2)c1.O=CO/C(=C/c1ccnc(-c2cc(/C=C(/OC=O)c3ccccc3)cc(-c3cc(/C=C(/OC=O)c4ccccc4)ccn3)n2)c1)c1ccccc1.[N-]=C=S.[Ru+2]. The Hall–Kier alpha value is -8.69. The van der Waals surface area contributed by atoms with Gasteiger partial charge in [0.2, 0.25) is 0 Å². The van der Waals surface area contributed by atoms with Crippen molar-refractivity contribution < 1.29 is 61.2 Å². The van der Waals surface area contributed by atoms with Gasteiger partial charge < -0.3 is 29.8 Å². The van der Waals surface area contributed by atoms with Gasteiger partial charge in [-0.2, -0.15) is 18.3 Å². The molecular formula is C61H52F3N7O6RuS. The molecule has 0 N–H and O–H groups in total. The number of isothiocyanates is 1. The summed E-state index contributed by atoms with van der Waals surface area (Å²) in [6.45, 7) is 3.37. The fourth-order valence-corrected chi connectivity index (χ4v) is 7.84.